The normalized spacial score (nSPS) is 13.4. The van der Waals surface area contributed by atoms with E-state index in [-0.39, 0.29) is 12.3 Å². The summed E-state index contributed by atoms with van der Waals surface area (Å²) in [5.41, 5.74) is 4.00. The smallest absolute Gasteiger partial charge is 0.254 e. The van der Waals surface area contributed by atoms with Crippen LogP contribution in [0.25, 0.3) is 0 Å². The molecule has 0 aliphatic carbocycles. The molecule has 0 aromatic heterocycles. The van der Waals surface area contributed by atoms with Crippen LogP contribution in [0.5, 0.6) is 0 Å². The van der Waals surface area contributed by atoms with Crippen LogP contribution in [0.3, 0.4) is 0 Å². The van der Waals surface area contributed by atoms with Crippen molar-refractivity contribution in [1.29, 1.82) is 5.26 Å². The Bertz CT molecular complexity index is 715. The molecule has 3 heteroatoms. The van der Waals surface area contributed by atoms with Crippen LogP contribution in [0.15, 0.2) is 48.5 Å². The standard InChI is InChI=1S/C18H16N2O/c19-11-9-15-6-3-4-8-17(15)18(21)20-12-10-14-5-1-2-7-16(14)13-20/h1-8H,9-10,12-13H2. The molecule has 0 fully saturated rings. The quantitative estimate of drug-likeness (QED) is 0.846. The average molecular weight is 276 g/mol. The van der Waals surface area contributed by atoms with Crippen LogP contribution in [0.4, 0.5) is 0 Å². The maximum Gasteiger partial charge on any atom is 0.254 e. The SMILES string of the molecule is N#CCc1ccccc1C(=O)N1CCc2ccccc2C1. The van der Waals surface area contributed by atoms with Crippen LogP contribution in [-0.4, -0.2) is 17.4 Å². The van der Waals surface area contributed by atoms with Gasteiger partial charge in [-0.1, -0.05) is 42.5 Å². The van der Waals surface area contributed by atoms with E-state index in [1.165, 1.54) is 11.1 Å². The summed E-state index contributed by atoms with van der Waals surface area (Å²) in [6.45, 7) is 1.38. The number of hydrogen-bond acceptors (Lipinski definition) is 2. The van der Waals surface area contributed by atoms with Crippen LogP contribution in [0, 0.1) is 11.3 Å². The van der Waals surface area contributed by atoms with Crippen LogP contribution >= 0.6 is 0 Å². The van der Waals surface area contributed by atoms with E-state index in [4.69, 9.17) is 5.26 Å². The van der Waals surface area contributed by atoms with E-state index in [1.54, 1.807) is 0 Å². The lowest BCUT2D eigenvalue weighted by molar-refractivity contribution is 0.0734. The van der Waals surface area contributed by atoms with E-state index in [1.807, 2.05) is 41.3 Å². The molecular weight excluding hydrogens is 260 g/mol. The molecule has 3 rings (SSSR count). The van der Waals surface area contributed by atoms with Crippen molar-refractivity contribution in [1.82, 2.24) is 4.90 Å². The predicted molar refractivity (Wildman–Crippen MR) is 80.6 cm³/mol. The summed E-state index contributed by atoms with van der Waals surface area (Å²) < 4.78 is 0. The highest BCUT2D eigenvalue weighted by atomic mass is 16.2. The maximum absolute atomic E-state index is 12.7. The predicted octanol–water partition coefficient (Wildman–Crippen LogP) is 2.95. The molecule has 0 spiro atoms. The largest absolute Gasteiger partial charge is 0.334 e. The van der Waals surface area contributed by atoms with Gasteiger partial charge < -0.3 is 4.90 Å². The Morgan fingerprint density at radius 2 is 1.81 bits per heavy atom. The second-order valence-corrected chi connectivity index (χ2v) is 5.24. The Morgan fingerprint density at radius 1 is 1.10 bits per heavy atom. The molecule has 1 heterocycles. The van der Waals surface area contributed by atoms with Crippen molar-refractivity contribution in [3.63, 3.8) is 0 Å². The van der Waals surface area contributed by atoms with Crippen LogP contribution in [-0.2, 0) is 19.4 Å². The Labute approximate surface area is 124 Å². The minimum absolute atomic E-state index is 0.0235. The Kier molecular flexibility index (Phi) is 3.70. The lowest BCUT2D eigenvalue weighted by atomic mass is 9.98. The van der Waals surface area contributed by atoms with Crippen molar-refractivity contribution in [3.8, 4) is 6.07 Å². The van der Waals surface area contributed by atoms with Gasteiger partial charge in [0.05, 0.1) is 12.5 Å². The van der Waals surface area contributed by atoms with E-state index < -0.39 is 0 Å². The number of nitrogens with zero attached hydrogens (tertiary/aromatic N) is 2. The third kappa shape index (κ3) is 2.66. The molecular formula is C18H16N2O. The first kappa shape index (κ1) is 13.4. The molecule has 0 atom stereocenters. The Balaban J connectivity index is 1.86. The highest BCUT2D eigenvalue weighted by Gasteiger charge is 2.22. The number of amides is 1. The van der Waals surface area contributed by atoms with E-state index in [0.29, 0.717) is 12.1 Å². The summed E-state index contributed by atoms with van der Waals surface area (Å²) in [4.78, 5) is 14.6. The first-order valence-electron chi connectivity index (χ1n) is 7.10. The summed E-state index contributed by atoms with van der Waals surface area (Å²) in [6.07, 6.45) is 1.16. The van der Waals surface area contributed by atoms with Gasteiger partial charge in [0.1, 0.15) is 0 Å². The van der Waals surface area contributed by atoms with Gasteiger partial charge in [0, 0.05) is 18.7 Å². The molecule has 0 saturated carbocycles. The van der Waals surface area contributed by atoms with E-state index in [0.717, 1.165) is 18.5 Å². The van der Waals surface area contributed by atoms with Gasteiger partial charge in [-0.25, -0.2) is 0 Å². The summed E-state index contributed by atoms with van der Waals surface area (Å²) in [5.74, 6) is 0.0235. The monoisotopic (exact) mass is 276 g/mol. The van der Waals surface area contributed by atoms with Gasteiger partial charge in [0.2, 0.25) is 0 Å². The molecule has 0 saturated heterocycles. The zero-order valence-corrected chi connectivity index (χ0v) is 11.7. The molecule has 2 aromatic rings. The molecule has 1 aliphatic rings. The van der Waals surface area contributed by atoms with E-state index in [9.17, 15) is 4.79 Å². The molecule has 0 radical (unpaired) electrons. The van der Waals surface area contributed by atoms with Crippen molar-refractivity contribution >= 4 is 5.91 Å². The molecule has 0 bridgehead atoms. The van der Waals surface area contributed by atoms with Crippen molar-refractivity contribution in [2.45, 2.75) is 19.4 Å². The number of nitriles is 1. The number of carbonyl (C=O) groups is 1. The number of benzene rings is 2. The first-order valence-corrected chi connectivity index (χ1v) is 7.10. The number of carbonyl (C=O) groups excluding carboxylic acids is 1. The molecule has 1 amide bonds. The van der Waals surface area contributed by atoms with Gasteiger partial charge >= 0.3 is 0 Å². The third-order valence-corrected chi connectivity index (χ3v) is 3.94. The van der Waals surface area contributed by atoms with Gasteiger partial charge in [-0.05, 0) is 29.2 Å². The number of fused-ring (bicyclic) bond motifs is 1. The molecule has 0 N–H and O–H groups in total. The van der Waals surface area contributed by atoms with Crippen molar-refractivity contribution in [3.05, 3.63) is 70.8 Å². The fourth-order valence-electron chi connectivity index (χ4n) is 2.81. The van der Waals surface area contributed by atoms with E-state index >= 15 is 0 Å². The van der Waals surface area contributed by atoms with E-state index in [2.05, 4.69) is 18.2 Å². The van der Waals surface area contributed by atoms with Gasteiger partial charge in [-0.15, -0.1) is 0 Å². The Morgan fingerprint density at radius 3 is 2.62 bits per heavy atom. The third-order valence-electron chi connectivity index (χ3n) is 3.94. The van der Waals surface area contributed by atoms with Crippen molar-refractivity contribution in [2.75, 3.05) is 6.54 Å². The number of hydrogen-bond donors (Lipinski definition) is 0. The maximum atomic E-state index is 12.7. The lowest BCUT2D eigenvalue weighted by Crippen LogP contribution is -2.36. The minimum atomic E-state index is 0.0235. The van der Waals surface area contributed by atoms with Gasteiger partial charge in [0.15, 0.2) is 0 Å². The summed E-state index contributed by atoms with van der Waals surface area (Å²) >= 11 is 0. The van der Waals surface area contributed by atoms with Crippen molar-refractivity contribution in [2.24, 2.45) is 0 Å². The fraction of sp³-hybridized carbons (Fsp3) is 0.222. The number of rotatable bonds is 2. The Hall–Kier alpha value is -2.60. The first-order chi connectivity index (χ1) is 10.3. The second kappa shape index (κ2) is 5.80. The highest BCUT2D eigenvalue weighted by Crippen LogP contribution is 2.21. The van der Waals surface area contributed by atoms with Gasteiger partial charge in [-0.3, -0.25) is 4.79 Å². The average Bonchev–Trinajstić information content (AvgIpc) is 2.54. The molecule has 2 aromatic carbocycles. The van der Waals surface area contributed by atoms with Crippen LogP contribution < -0.4 is 0 Å². The highest BCUT2D eigenvalue weighted by molar-refractivity contribution is 5.96. The second-order valence-electron chi connectivity index (χ2n) is 5.24. The molecule has 104 valence electrons. The summed E-state index contributed by atoms with van der Waals surface area (Å²) in [6, 6.07) is 17.8. The van der Waals surface area contributed by atoms with Crippen LogP contribution in [0.2, 0.25) is 0 Å². The minimum Gasteiger partial charge on any atom is -0.334 e. The lowest BCUT2D eigenvalue weighted by Gasteiger charge is -2.29. The van der Waals surface area contributed by atoms with Crippen molar-refractivity contribution < 1.29 is 4.79 Å². The molecule has 21 heavy (non-hydrogen) atoms. The molecule has 3 nitrogen and oxygen atoms in total. The zero-order valence-electron chi connectivity index (χ0n) is 11.7. The van der Waals surface area contributed by atoms with Crippen LogP contribution in [0.1, 0.15) is 27.0 Å². The topological polar surface area (TPSA) is 44.1 Å². The summed E-state index contributed by atoms with van der Waals surface area (Å²) in [5, 5.41) is 8.89. The molecule has 0 unspecified atom stereocenters. The molecule has 1 aliphatic heterocycles. The fourth-order valence-corrected chi connectivity index (χ4v) is 2.81. The zero-order chi connectivity index (χ0) is 14.7. The summed E-state index contributed by atoms with van der Waals surface area (Å²) in [7, 11) is 0. The van der Waals surface area contributed by atoms with Gasteiger partial charge in [0.25, 0.3) is 5.91 Å². The van der Waals surface area contributed by atoms with Gasteiger partial charge in [-0.2, -0.15) is 5.26 Å².